The van der Waals surface area contributed by atoms with Crippen molar-refractivity contribution in [3.8, 4) is 5.75 Å². The first-order chi connectivity index (χ1) is 11.3. The van der Waals surface area contributed by atoms with Crippen LogP contribution in [0.5, 0.6) is 5.75 Å². The highest BCUT2D eigenvalue weighted by Crippen LogP contribution is 2.19. The number of rotatable bonds is 14. The molecule has 0 unspecified atom stereocenters. The van der Waals surface area contributed by atoms with E-state index in [0.29, 0.717) is 18.4 Å². The number of ketones is 1. The number of para-hydroxylation sites is 1. The Balaban J connectivity index is 1.93. The lowest BCUT2D eigenvalue weighted by Gasteiger charge is -2.04. The molecule has 1 N–H and O–H groups in total. The summed E-state index contributed by atoms with van der Waals surface area (Å²) in [5.74, 6) is 0.129. The Hall–Kier alpha value is -1.64. The third-order valence-corrected chi connectivity index (χ3v) is 4.18. The van der Waals surface area contributed by atoms with Gasteiger partial charge in [0.15, 0.2) is 5.78 Å². The highest BCUT2D eigenvalue weighted by atomic mass is 16.3. The zero-order valence-electron chi connectivity index (χ0n) is 14.1. The lowest BCUT2D eigenvalue weighted by Crippen LogP contribution is -1.99. The predicted octanol–water partition coefficient (Wildman–Crippen LogP) is 5.46. The van der Waals surface area contributed by atoms with Gasteiger partial charge >= 0.3 is 0 Å². The maximum absolute atomic E-state index is 12.0. The van der Waals surface area contributed by atoms with Gasteiger partial charge in [-0.3, -0.25) is 4.79 Å². The van der Waals surface area contributed by atoms with E-state index in [0.717, 1.165) is 25.5 Å². The van der Waals surface area contributed by atoms with Crippen LogP contribution in [-0.2, 0) is 4.79 Å². The number of hydrogen-bond donors (Lipinski definition) is 1. The Labute approximate surface area is 140 Å². The third kappa shape index (κ3) is 9.17. The van der Waals surface area contributed by atoms with Crippen molar-refractivity contribution in [1.29, 1.82) is 0 Å². The summed E-state index contributed by atoms with van der Waals surface area (Å²) in [7, 11) is 0. The summed E-state index contributed by atoms with van der Waals surface area (Å²) in [6.45, 7) is 0. The third-order valence-electron chi connectivity index (χ3n) is 4.18. The summed E-state index contributed by atoms with van der Waals surface area (Å²) in [6.07, 6.45) is 13.9. The smallest absolute Gasteiger partial charge is 0.166 e. The number of phenolic OH excluding ortho intramolecular Hbond substituents is 1. The van der Waals surface area contributed by atoms with Crippen molar-refractivity contribution >= 4 is 12.1 Å². The Morgan fingerprint density at radius 2 is 1.35 bits per heavy atom. The van der Waals surface area contributed by atoms with Gasteiger partial charge in [0, 0.05) is 12.8 Å². The quantitative estimate of drug-likeness (QED) is 0.282. The van der Waals surface area contributed by atoms with E-state index in [4.69, 9.17) is 0 Å². The molecule has 1 aromatic rings. The molecule has 128 valence electrons. The van der Waals surface area contributed by atoms with E-state index in [-0.39, 0.29) is 11.5 Å². The zero-order valence-corrected chi connectivity index (χ0v) is 14.1. The molecule has 0 atom stereocenters. The van der Waals surface area contributed by atoms with Crippen molar-refractivity contribution < 1.29 is 14.7 Å². The van der Waals surface area contributed by atoms with Crippen LogP contribution >= 0.6 is 0 Å². The molecule has 0 fully saturated rings. The topological polar surface area (TPSA) is 54.4 Å². The Morgan fingerprint density at radius 1 is 0.826 bits per heavy atom. The van der Waals surface area contributed by atoms with Crippen LogP contribution in [-0.4, -0.2) is 17.2 Å². The molecule has 0 aliphatic carbocycles. The van der Waals surface area contributed by atoms with Crippen LogP contribution in [0.1, 0.15) is 87.4 Å². The number of Topliss-reactive ketones (excluding diaryl/α,β-unsaturated/α-hetero) is 1. The molecule has 0 aliphatic heterocycles. The second kappa shape index (κ2) is 12.9. The van der Waals surface area contributed by atoms with Crippen molar-refractivity contribution in [3.05, 3.63) is 29.8 Å². The van der Waals surface area contributed by atoms with E-state index >= 15 is 0 Å². The number of aromatic hydroxyl groups is 1. The molecule has 0 saturated heterocycles. The molecular weight excluding hydrogens is 288 g/mol. The monoisotopic (exact) mass is 318 g/mol. The highest BCUT2D eigenvalue weighted by molar-refractivity contribution is 5.98. The molecule has 1 rings (SSSR count). The van der Waals surface area contributed by atoms with Crippen molar-refractivity contribution in [2.24, 2.45) is 0 Å². The number of aldehydes is 1. The van der Waals surface area contributed by atoms with E-state index in [1.165, 1.54) is 44.9 Å². The molecule has 3 heteroatoms. The van der Waals surface area contributed by atoms with Crippen LogP contribution in [0.25, 0.3) is 0 Å². The van der Waals surface area contributed by atoms with Crippen molar-refractivity contribution in [2.45, 2.75) is 77.0 Å². The molecular formula is C20H30O3. The highest BCUT2D eigenvalue weighted by Gasteiger charge is 2.09. The van der Waals surface area contributed by atoms with Crippen molar-refractivity contribution in [3.63, 3.8) is 0 Å². The number of carbonyl (C=O) groups is 2. The van der Waals surface area contributed by atoms with Gasteiger partial charge in [0.05, 0.1) is 5.56 Å². The van der Waals surface area contributed by atoms with Crippen LogP contribution in [0, 0.1) is 0 Å². The fourth-order valence-electron chi connectivity index (χ4n) is 2.77. The van der Waals surface area contributed by atoms with Gasteiger partial charge in [-0.25, -0.2) is 0 Å². The minimum Gasteiger partial charge on any atom is -0.507 e. The maximum Gasteiger partial charge on any atom is 0.166 e. The van der Waals surface area contributed by atoms with E-state index in [2.05, 4.69) is 0 Å². The normalized spacial score (nSPS) is 10.6. The van der Waals surface area contributed by atoms with Crippen LogP contribution in [0.3, 0.4) is 0 Å². The molecule has 0 radical (unpaired) electrons. The number of carbonyl (C=O) groups excluding carboxylic acids is 2. The van der Waals surface area contributed by atoms with Crippen molar-refractivity contribution in [1.82, 2.24) is 0 Å². The summed E-state index contributed by atoms with van der Waals surface area (Å²) in [6, 6.07) is 6.76. The number of unbranched alkanes of at least 4 members (excludes halogenated alkanes) is 10. The molecule has 0 aliphatic rings. The number of phenols is 1. The van der Waals surface area contributed by atoms with Gasteiger partial charge in [-0.15, -0.1) is 0 Å². The lowest BCUT2D eigenvalue weighted by molar-refractivity contribution is -0.107. The first kappa shape index (κ1) is 19.4. The van der Waals surface area contributed by atoms with Crippen LogP contribution < -0.4 is 0 Å². The predicted molar refractivity (Wildman–Crippen MR) is 93.9 cm³/mol. The minimum absolute atomic E-state index is 0.0402. The zero-order chi connectivity index (χ0) is 16.8. The molecule has 0 amide bonds. The van der Waals surface area contributed by atoms with E-state index in [1.807, 2.05) is 0 Å². The SMILES string of the molecule is O=CCCCCCCCCCCCCC(=O)c1ccccc1O. The Morgan fingerprint density at radius 3 is 1.91 bits per heavy atom. The molecule has 0 saturated carbocycles. The summed E-state index contributed by atoms with van der Waals surface area (Å²) in [5, 5.41) is 9.63. The summed E-state index contributed by atoms with van der Waals surface area (Å²) < 4.78 is 0. The van der Waals surface area contributed by atoms with Gasteiger partial charge < -0.3 is 9.90 Å². The average molecular weight is 318 g/mol. The average Bonchev–Trinajstić information content (AvgIpc) is 2.56. The van der Waals surface area contributed by atoms with Gasteiger partial charge in [-0.05, 0) is 25.0 Å². The van der Waals surface area contributed by atoms with Crippen molar-refractivity contribution in [2.75, 3.05) is 0 Å². The Kier molecular flexibility index (Phi) is 10.9. The molecule has 23 heavy (non-hydrogen) atoms. The standard InChI is InChI=1S/C20H30O3/c21-17-13-9-7-5-3-1-2-4-6-8-10-15-19(22)18-14-11-12-16-20(18)23/h11-12,14,16-17,23H,1-10,13,15H2. The summed E-state index contributed by atoms with van der Waals surface area (Å²) in [5.41, 5.74) is 0.446. The maximum atomic E-state index is 12.0. The largest absolute Gasteiger partial charge is 0.507 e. The van der Waals surface area contributed by atoms with Gasteiger partial charge in [-0.1, -0.05) is 63.5 Å². The van der Waals surface area contributed by atoms with E-state index in [9.17, 15) is 14.7 Å². The number of benzene rings is 1. The Bertz CT molecular complexity index is 454. The molecule has 0 aromatic heterocycles. The molecule has 0 heterocycles. The fraction of sp³-hybridized carbons (Fsp3) is 0.600. The molecule has 0 spiro atoms. The molecule has 1 aromatic carbocycles. The first-order valence-corrected chi connectivity index (χ1v) is 9.00. The number of hydrogen-bond acceptors (Lipinski definition) is 3. The molecule has 0 bridgehead atoms. The second-order valence-corrected chi connectivity index (χ2v) is 6.18. The summed E-state index contributed by atoms with van der Waals surface area (Å²) >= 11 is 0. The first-order valence-electron chi connectivity index (χ1n) is 9.00. The van der Waals surface area contributed by atoms with Gasteiger partial charge in [0.1, 0.15) is 12.0 Å². The van der Waals surface area contributed by atoms with E-state index in [1.54, 1.807) is 24.3 Å². The van der Waals surface area contributed by atoms with Gasteiger partial charge in [0.25, 0.3) is 0 Å². The second-order valence-electron chi connectivity index (χ2n) is 6.18. The lowest BCUT2D eigenvalue weighted by atomic mass is 10.0. The van der Waals surface area contributed by atoms with Crippen LogP contribution in [0.4, 0.5) is 0 Å². The molecule has 3 nitrogen and oxygen atoms in total. The summed E-state index contributed by atoms with van der Waals surface area (Å²) in [4.78, 5) is 22.1. The van der Waals surface area contributed by atoms with Gasteiger partial charge in [0.2, 0.25) is 0 Å². The minimum atomic E-state index is 0.0402. The van der Waals surface area contributed by atoms with E-state index < -0.39 is 0 Å². The van der Waals surface area contributed by atoms with Crippen LogP contribution in [0.2, 0.25) is 0 Å². The van der Waals surface area contributed by atoms with Gasteiger partial charge in [-0.2, -0.15) is 0 Å². The van der Waals surface area contributed by atoms with Crippen LogP contribution in [0.15, 0.2) is 24.3 Å². The fourth-order valence-corrected chi connectivity index (χ4v) is 2.77.